The molecule has 6 nitrogen and oxygen atoms in total. The Morgan fingerprint density at radius 3 is 1.88 bits per heavy atom. The maximum atomic E-state index is 6.53. The van der Waals surface area contributed by atoms with E-state index in [9.17, 15) is 0 Å². The molecule has 0 bridgehead atoms. The molecule has 1 aliphatic rings. The van der Waals surface area contributed by atoms with E-state index < -0.39 is 6.17 Å². The lowest BCUT2D eigenvalue weighted by molar-refractivity contribution is 0.667. The Kier molecular flexibility index (Phi) is 6.89. The van der Waals surface area contributed by atoms with Gasteiger partial charge in [-0.1, -0.05) is 115 Å². The molecule has 1 atom stereocenters. The third-order valence-electron chi connectivity index (χ3n) is 11.3. The average Bonchev–Trinajstić information content (AvgIpc) is 3.95. The first kappa shape index (κ1) is 31.6. The molecule has 1 N–H and O–H groups in total. The van der Waals surface area contributed by atoms with Crippen LogP contribution in [0.3, 0.4) is 0 Å². The molecule has 0 saturated heterocycles. The van der Waals surface area contributed by atoms with Crippen molar-refractivity contribution in [2.75, 3.05) is 0 Å². The third-order valence-corrected chi connectivity index (χ3v) is 11.3. The highest BCUT2D eigenvalue weighted by molar-refractivity contribution is 6.18. The van der Waals surface area contributed by atoms with Crippen molar-refractivity contribution >= 4 is 77.4 Å². The van der Waals surface area contributed by atoms with E-state index in [1.807, 2.05) is 48.5 Å². The second kappa shape index (κ2) is 12.4. The molecule has 6 heteroatoms. The largest absolute Gasteiger partial charge is 0.456 e. The Labute approximate surface area is 326 Å². The zero-order valence-electron chi connectivity index (χ0n) is 30.6. The molecule has 0 fully saturated rings. The SMILES string of the molecule is c1ccc(C2=NC(c3cccc4oc5ccc(-c6ccc7c(c6)c6ccccc6n7-c6ccccc6)cc5c34)N=C(c3ccc4c(c3)oc3ccccc34)N2)cc1. The molecule has 0 amide bonds. The van der Waals surface area contributed by atoms with Crippen LogP contribution in [0.5, 0.6) is 0 Å². The molecule has 0 aliphatic carbocycles. The summed E-state index contributed by atoms with van der Waals surface area (Å²) < 4.78 is 15.2. The van der Waals surface area contributed by atoms with Gasteiger partial charge in [0.05, 0.1) is 11.0 Å². The number of hydrogen-bond acceptors (Lipinski definition) is 5. The van der Waals surface area contributed by atoms with E-state index in [-0.39, 0.29) is 0 Å². The number of fused-ring (bicyclic) bond motifs is 9. The number of furan rings is 2. The molecule has 1 unspecified atom stereocenters. The minimum Gasteiger partial charge on any atom is -0.456 e. The molecule has 268 valence electrons. The highest BCUT2D eigenvalue weighted by Crippen LogP contribution is 2.40. The van der Waals surface area contributed by atoms with Gasteiger partial charge in [-0.25, -0.2) is 9.98 Å². The fraction of sp³-hybridized carbons (Fsp3) is 0.0196. The predicted octanol–water partition coefficient (Wildman–Crippen LogP) is 12.7. The summed E-state index contributed by atoms with van der Waals surface area (Å²) in [6.07, 6.45) is -0.531. The van der Waals surface area contributed by atoms with Crippen LogP contribution in [-0.2, 0) is 0 Å². The molecule has 0 spiro atoms. The Morgan fingerprint density at radius 2 is 1.02 bits per heavy atom. The predicted molar refractivity (Wildman–Crippen MR) is 233 cm³/mol. The first-order valence-corrected chi connectivity index (χ1v) is 19.2. The van der Waals surface area contributed by atoms with Crippen LogP contribution in [0.15, 0.2) is 201 Å². The number of aromatic nitrogens is 1. The molecule has 0 saturated carbocycles. The number of para-hydroxylation sites is 3. The van der Waals surface area contributed by atoms with Gasteiger partial charge in [-0.2, -0.15) is 0 Å². The summed E-state index contributed by atoms with van der Waals surface area (Å²) in [4.78, 5) is 10.6. The van der Waals surface area contributed by atoms with Crippen molar-refractivity contribution in [1.29, 1.82) is 0 Å². The monoisotopic (exact) mass is 732 g/mol. The van der Waals surface area contributed by atoms with E-state index in [4.69, 9.17) is 18.8 Å². The Hall–Kier alpha value is -7.70. The Bertz CT molecular complexity index is 3440. The molecular formula is C51H32N4O2. The normalized spacial score (nSPS) is 14.5. The molecule has 8 aromatic carbocycles. The molecule has 1 aliphatic heterocycles. The number of rotatable bonds is 5. The summed E-state index contributed by atoms with van der Waals surface area (Å²) in [5.74, 6) is 1.48. The summed E-state index contributed by atoms with van der Waals surface area (Å²) in [5, 5.41) is 10.2. The number of hydrogen-bond donors (Lipinski definition) is 1. The van der Waals surface area contributed by atoms with Gasteiger partial charge in [-0.05, 0) is 77.9 Å². The van der Waals surface area contributed by atoms with Gasteiger partial charge in [0.2, 0.25) is 0 Å². The fourth-order valence-corrected chi connectivity index (χ4v) is 8.61. The second-order valence-electron chi connectivity index (χ2n) is 14.6. The van der Waals surface area contributed by atoms with Gasteiger partial charge in [0.1, 0.15) is 34.0 Å². The lowest BCUT2D eigenvalue weighted by atomic mass is 9.98. The number of amidine groups is 2. The van der Waals surface area contributed by atoms with Crippen molar-refractivity contribution in [2.45, 2.75) is 6.17 Å². The summed E-state index contributed by atoms with van der Waals surface area (Å²) in [5.41, 5.74) is 11.9. The molecule has 11 aromatic rings. The number of benzene rings is 8. The van der Waals surface area contributed by atoms with Crippen LogP contribution in [-0.4, -0.2) is 16.2 Å². The summed E-state index contributed by atoms with van der Waals surface area (Å²) >= 11 is 0. The van der Waals surface area contributed by atoms with Crippen molar-refractivity contribution < 1.29 is 8.83 Å². The van der Waals surface area contributed by atoms with Gasteiger partial charge in [0.15, 0.2) is 6.17 Å². The van der Waals surface area contributed by atoms with Crippen LogP contribution >= 0.6 is 0 Å². The first-order chi connectivity index (χ1) is 28.2. The van der Waals surface area contributed by atoms with Crippen LogP contribution in [0, 0.1) is 0 Å². The Morgan fingerprint density at radius 1 is 0.404 bits per heavy atom. The zero-order valence-corrected chi connectivity index (χ0v) is 30.6. The minimum atomic E-state index is -0.531. The summed E-state index contributed by atoms with van der Waals surface area (Å²) in [6, 6.07) is 63.3. The maximum absolute atomic E-state index is 6.53. The van der Waals surface area contributed by atoms with Crippen molar-refractivity contribution in [3.8, 4) is 16.8 Å². The number of aliphatic imine (C=N–C) groups is 2. The maximum Gasteiger partial charge on any atom is 0.170 e. The van der Waals surface area contributed by atoms with Crippen LogP contribution in [0.25, 0.3) is 82.5 Å². The van der Waals surface area contributed by atoms with E-state index in [0.717, 1.165) is 89.1 Å². The van der Waals surface area contributed by atoms with Gasteiger partial charge in [0, 0.05) is 54.7 Å². The summed E-state index contributed by atoms with van der Waals surface area (Å²) in [7, 11) is 0. The number of nitrogens with zero attached hydrogens (tertiary/aromatic N) is 3. The smallest absolute Gasteiger partial charge is 0.170 e. The van der Waals surface area contributed by atoms with Crippen LogP contribution in [0.4, 0.5) is 0 Å². The molecule has 12 rings (SSSR count). The quantitative estimate of drug-likeness (QED) is 0.192. The van der Waals surface area contributed by atoms with Crippen molar-refractivity contribution in [3.05, 3.63) is 199 Å². The van der Waals surface area contributed by atoms with E-state index in [0.29, 0.717) is 0 Å². The molecular weight excluding hydrogens is 701 g/mol. The first-order valence-electron chi connectivity index (χ1n) is 19.2. The van der Waals surface area contributed by atoms with E-state index in [1.54, 1.807) is 0 Å². The average molecular weight is 733 g/mol. The standard InChI is InChI=1S/C51H32N4O2/c1-3-12-31(13-4-1)49-52-50(34-22-25-38-37-17-8-10-20-44(37)57-47(38)30-34)54-51(53-49)39-18-11-21-46-48(39)41-29-33(24-27-45(41)56-46)32-23-26-43-40(28-32)36-16-7-9-19-42(36)55(43)35-14-5-2-6-15-35/h1-30,51H,(H,52,53,54). The van der Waals surface area contributed by atoms with Crippen molar-refractivity contribution in [1.82, 2.24) is 9.88 Å². The van der Waals surface area contributed by atoms with Crippen molar-refractivity contribution in [2.24, 2.45) is 9.98 Å². The van der Waals surface area contributed by atoms with Crippen molar-refractivity contribution in [3.63, 3.8) is 0 Å². The lowest BCUT2D eigenvalue weighted by Crippen LogP contribution is -2.36. The van der Waals surface area contributed by atoms with Crippen LogP contribution in [0.2, 0.25) is 0 Å². The topological polar surface area (TPSA) is 68.0 Å². The van der Waals surface area contributed by atoms with Gasteiger partial charge < -0.3 is 18.7 Å². The van der Waals surface area contributed by atoms with E-state index in [2.05, 4.69) is 143 Å². The molecule has 57 heavy (non-hydrogen) atoms. The zero-order chi connectivity index (χ0) is 37.5. The van der Waals surface area contributed by atoms with Gasteiger partial charge >= 0.3 is 0 Å². The molecule has 3 aromatic heterocycles. The number of nitrogens with one attached hydrogen (secondary N) is 1. The van der Waals surface area contributed by atoms with Crippen LogP contribution < -0.4 is 5.32 Å². The highest BCUT2D eigenvalue weighted by Gasteiger charge is 2.25. The molecule has 0 radical (unpaired) electrons. The fourth-order valence-electron chi connectivity index (χ4n) is 8.61. The van der Waals surface area contributed by atoms with Gasteiger partial charge in [-0.15, -0.1) is 0 Å². The minimum absolute atomic E-state index is 0.531. The highest BCUT2D eigenvalue weighted by atomic mass is 16.3. The van der Waals surface area contributed by atoms with Gasteiger partial charge in [-0.3, -0.25) is 0 Å². The van der Waals surface area contributed by atoms with E-state index >= 15 is 0 Å². The van der Waals surface area contributed by atoms with Gasteiger partial charge in [0.25, 0.3) is 0 Å². The lowest BCUT2D eigenvalue weighted by Gasteiger charge is -2.22. The Balaban J connectivity index is 1.01. The van der Waals surface area contributed by atoms with Crippen LogP contribution in [0.1, 0.15) is 22.9 Å². The second-order valence-corrected chi connectivity index (χ2v) is 14.6. The van der Waals surface area contributed by atoms with E-state index in [1.165, 1.54) is 21.8 Å². The third kappa shape index (κ3) is 5.04. The summed E-state index contributed by atoms with van der Waals surface area (Å²) in [6.45, 7) is 0. The molecule has 4 heterocycles.